The molecule has 11 nitrogen and oxygen atoms in total. The second-order valence-corrected chi connectivity index (χ2v) is 7.77. The van der Waals surface area contributed by atoms with Crippen LogP contribution in [0.4, 0.5) is 16.4 Å². The lowest BCUT2D eigenvalue weighted by molar-refractivity contribution is -0.133. The maximum atomic E-state index is 12.8. The molecule has 0 bridgehead atoms. The molecule has 2 aliphatic heterocycles. The van der Waals surface area contributed by atoms with Crippen LogP contribution < -0.4 is 16.0 Å². The molecule has 11 heteroatoms. The van der Waals surface area contributed by atoms with Crippen molar-refractivity contribution in [2.75, 3.05) is 44.2 Å². The van der Waals surface area contributed by atoms with Gasteiger partial charge in [-0.25, -0.2) is 9.48 Å². The van der Waals surface area contributed by atoms with E-state index in [0.29, 0.717) is 51.8 Å². The molecular weight excluding hydrogens is 416 g/mol. The average molecular weight is 442 g/mol. The van der Waals surface area contributed by atoms with Crippen molar-refractivity contribution < 1.29 is 14.3 Å². The Bertz CT molecular complexity index is 1130. The van der Waals surface area contributed by atoms with Gasteiger partial charge in [0.15, 0.2) is 0 Å². The van der Waals surface area contributed by atoms with Crippen LogP contribution in [0.3, 0.4) is 0 Å². The molecule has 4 rings (SSSR count). The number of ether oxygens (including phenoxy) is 1. The molecule has 0 atom stereocenters. The van der Waals surface area contributed by atoms with Gasteiger partial charge in [0.25, 0.3) is 0 Å². The first kappa shape index (κ1) is 21.6. The smallest absolute Gasteiger partial charge is 0.409 e. The third kappa shape index (κ3) is 4.10. The molecule has 0 aliphatic carbocycles. The molecule has 0 N–H and O–H groups in total. The van der Waals surface area contributed by atoms with Gasteiger partial charge in [0.2, 0.25) is 11.9 Å². The Labute approximate surface area is 184 Å². The van der Waals surface area contributed by atoms with E-state index in [0.717, 1.165) is 15.9 Å². The van der Waals surface area contributed by atoms with Crippen LogP contribution >= 0.6 is 0 Å². The molecule has 1 aromatic heterocycles. The zero-order valence-electron chi connectivity index (χ0n) is 18.2. The molecule has 170 valence electrons. The number of piperazine rings is 1. The first-order chi connectivity index (χ1) is 15.4. The van der Waals surface area contributed by atoms with Crippen molar-refractivity contribution in [3.63, 3.8) is 0 Å². The van der Waals surface area contributed by atoms with E-state index in [4.69, 9.17) is 4.74 Å². The highest BCUT2D eigenvalue weighted by molar-refractivity contribution is 5.76. The fraction of sp³-hybridized carbons (Fsp3) is 0.476. The molecule has 0 saturated carbocycles. The summed E-state index contributed by atoms with van der Waals surface area (Å²) in [7, 11) is 0. The highest BCUT2D eigenvalue weighted by atomic mass is 16.6. The van der Waals surface area contributed by atoms with Crippen LogP contribution in [0.1, 0.15) is 12.5 Å². The summed E-state index contributed by atoms with van der Waals surface area (Å²) in [5.41, 5.74) is 0.458. The summed E-state index contributed by atoms with van der Waals surface area (Å²) in [6.45, 7) is 5.90. The van der Waals surface area contributed by atoms with Gasteiger partial charge in [-0.05, 0) is 26.0 Å². The number of rotatable bonds is 4. The van der Waals surface area contributed by atoms with Crippen LogP contribution in [-0.4, -0.2) is 75.5 Å². The van der Waals surface area contributed by atoms with E-state index in [9.17, 15) is 19.2 Å². The van der Waals surface area contributed by atoms with Gasteiger partial charge in [0.1, 0.15) is 6.54 Å². The van der Waals surface area contributed by atoms with Crippen LogP contribution in [0, 0.1) is 6.92 Å². The normalized spacial score (nSPS) is 15.6. The topological polar surface area (TPSA) is 110 Å². The Balaban J connectivity index is 1.51. The van der Waals surface area contributed by atoms with Gasteiger partial charge < -0.3 is 19.4 Å². The van der Waals surface area contributed by atoms with Crippen molar-refractivity contribution in [2.24, 2.45) is 0 Å². The minimum atomic E-state index is -0.821. The van der Waals surface area contributed by atoms with Gasteiger partial charge in [0, 0.05) is 45.0 Å². The molecule has 2 aliphatic rings. The number of anilines is 2. The maximum absolute atomic E-state index is 12.8. The van der Waals surface area contributed by atoms with Crippen molar-refractivity contribution in [2.45, 2.75) is 26.9 Å². The van der Waals surface area contributed by atoms with E-state index >= 15 is 0 Å². The van der Waals surface area contributed by atoms with Gasteiger partial charge in [-0.15, -0.1) is 5.10 Å². The minimum absolute atomic E-state index is 0.292. The summed E-state index contributed by atoms with van der Waals surface area (Å²) in [4.78, 5) is 54.8. The van der Waals surface area contributed by atoms with Gasteiger partial charge >= 0.3 is 17.2 Å². The summed E-state index contributed by atoms with van der Waals surface area (Å²) in [6.07, 6.45) is -0.402. The number of aryl methyl sites for hydroxylation is 1. The standard InChI is InChI=1S/C21H26N6O5/c1-3-32-21(31)24-10-8-23(9-11-24)17(28)14-27-19(30)18(29)26-13-12-25(20(26)22-27)16-6-4-15(2)5-7-16/h4-7H,3,8-14H2,1-2H3. The number of fused-ring (bicyclic) bond motifs is 1. The summed E-state index contributed by atoms with van der Waals surface area (Å²) >= 11 is 0. The number of amides is 2. The van der Waals surface area contributed by atoms with Crippen molar-refractivity contribution in [3.05, 3.63) is 50.5 Å². The summed E-state index contributed by atoms with van der Waals surface area (Å²) in [5, 5.41) is 4.36. The van der Waals surface area contributed by atoms with Crippen molar-refractivity contribution >= 4 is 23.6 Å². The highest BCUT2D eigenvalue weighted by Crippen LogP contribution is 2.26. The van der Waals surface area contributed by atoms with Crippen molar-refractivity contribution in [1.29, 1.82) is 0 Å². The number of carbonyl (C=O) groups excluding carboxylic acids is 2. The molecule has 3 heterocycles. The zero-order valence-corrected chi connectivity index (χ0v) is 18.2. The molecule has 1 aromatic carbocycles. The number of hydrogen-bond acceptors (Lipinski definition) is 7. The number of aromatic nitrogens is 3. The second kappa shape index (κ2) is 8.85. The first-order valence-electron chi connectivity index (χ1n) is 10.6. The molecule has 1 saturated heterocycles. The van der Waals surface area contributed by atoms with Gasteiger partial charge in [0.05, 0.1) is 6.61 Å². The zero-order chi connectivity index (χ0) is 22.8. The van der Waals surface area contributed by atoms with Crippen LogP contribution in [-0.2, 0) is 22.6 Å². The van der Waals surface area contributed by atoms with E-state index in [2.05, 4.69) is 5.10 Å². The monoisotopic (exact) mass is 442 g/mol. The minimum Gasteiger partial charge on any atom is -0.450 e. The average Bonchev–Trinajstić information content (AvgIpc) is 3.22. The predicted octanol–water partition coefficient (Wildman–Crippen LogP) is 0.166. The quantitative estimate of drug-likeness (QED) is 0.621. The molecular formula is C21H26N6O5. The van der Waals surface area contributed by atoms with Gasteiger partial charge in [-0.2, -0.15) is 0 Å². The molecule has 0 unspecified atom stereocenters. The van der Waals surface area contributed by atoms with Crippen LogP contribution in [0.25, 0.3) is 0 Å². The van der Waals surface area contributed by atoms with Crippen molar-refractivity contribution in [1.82, 2.24) is 24.1 Å². The van der Waals surface area contributed by atoms with Crippen LogP contribution in [0.5, 0.6) is 0 Å². The molecule has 1 fully saturated rings. The molecule has 0 radical (unpaired) electrons. The molecule has 2 aromatic rings. The fourth-order valence-corrected chi connectivity index (χ4v) is 3.88. The molecule has 32 heavy (non-hydrogen) atoms. The van der Waals surface area contributed by atoms with E-state index in [1.165, 1.54) is 4.57 Å². The van der Waals surface area contributed by atoms with Crippen LogP contribution in [0.15, 0.2) is 33.9 Å². The lowest BCUT2D eigenvalue weighted by Crippen LogP contribution is -2.52. The predicted molar refractivity (Wildman–Crippen MR) is 116 cm³/mol. The fourth-order valence-electron chi connectivity index (χ4n) is 3.88. The van der Waals surface area contributed by atoms with E-state index < -0.39 is 17.2 Å². The Morgan fingerprint density at radius 3 is 2.25 bits per heavy atom. The van der Waals surface area contributed by atoms with Crippen molar-refractivity contribution in [3.8, 4) is 0 Å². The van der Waals surface area contributed by atoms with Crippen LogP contribution in [0.2, 0.25) is 0 Å². The van der Waals surface area contributed by atoms with E-state index in [-0.39, 0.29) is 12.5 Å². The molecule has 2 amide bonds. The second-order valence-electron chi connectivity index (χ2n) is 7.77. The Kier molecular flexibility index (Phi) is 5.97. The lowest BCUT2D eigenvalue weighted by Gasteiger charge is -2.34. The number of benzene rings is 1. The summed E-state index contributed by atoms with van der Waals surface area (Å²) in [6, 6.07) is 7.79. The Morgan fingerprint density at radius 1 is 0.938 bits per heavy atom. The Morgan fingerprint density at radius 2 is 1.59 bits per heavy atom. The third-order valence-corrected chi connectivity index (χ3v) is 5.69. The van der Waals surface area contributed by atoms with E-state index in [1.807, 2.05) is 36.1 Å². The van der Waals surface area contributed by atoms with E-state index in [1.54, 1.807) is 16.7 Å². The number of hydrogen-bond donors (Lipinski definition) is 0. The third-order valence-electron chi connectivity index (χ3n) is 5.69. The maximum Gasteiger partial charge on any atom is 0.409 e. The molecule has 0 spiro atoms. The Hall–Kier alpha value is -3.63. The SMILES string of the molecule is CCOC(=O)N1CCN(C(=O)Cn2nc3n(c(=O)c2=O)CCN3c2ccc(C)cc2)CC1. The largest absolute Gasteiger partial charge is 0.450 e. The summed E-state index contributed by atoms with van der Waals surface area (Å²) < 4.78 is 7.28. The van der Waals surface area contributed by atoms with Gasteiger partial charge in [-0.3, -0.25) is 19.0 Å². The number of nitrogens with zero attached hydrogens (tertiary/aromatic N) is 6. The first-order valence-corrected chi connectivity index (χ1v) is 10.6. The number of carbonyl (C=O) groups is 2. The highest BCUT2D eigenvalue weighted by Gasteiger charge is 2.28. The lowest BCUT2D eigenvalue weighted by atomic mass is 10.2. The summed E-state index contributed by atoms with van der Waals surface area (Å²) in [5.74, 6) is 0.0192. The van der Waals surface area contributed by atoms with Gasteiger partial charge in [-0.1, -0.05) is 17.7 Å².